The Labute approximate surface area is 140 Å². The monoisotopic (exact) mass is 322 g/mol. The average Bonchev–Trinajstić information content (AvgIpc) is 2.94. The minimum absolute atomic E-state index is 0.475. The van der Waals surface area contributed by atoms with Gasteiger partial charge in [-0.05, 0) is 42.8 Å². The number of nitrogens with one attached hydrogen (secondary N) is 1. The van der Waals surface area contributed by atoms with Crippen LogP contribution in [0, 0.1) is 11.7 Å². The van der Waals surface area contributed by atoms with Crippen molar-refractivity contribution in [1.82, 2.24) is 14.9 Å². The molecule has 0 saturated heterocycles. The van der Waals surface area contributed by atoms with Gasteiger partial charge < -0.3 is 0 Å². The number of aryl methyl sites for hydroxylation is 2. The minimum atomic E-state index is 0.475. The van der Waals surface area contributed by atoms with Crippen LogP contribution >= 0.6 is 12.2 Å². The lowest BCUT2D eigenvalue weighted by atomic mass is 10.1. The van der Waals surface area contributed by atoms with Gasteiger partial charge in [-0.25, -0.2) is 5.10 Å². The van der Waals surface area contributed by atoms with Gasteiger partial charge in [-0.2, -0.15) is 14.9 Å². The summed E-state index contributed by atoms with van der Waals surface area (Å²) in [5.74, 6) is 0.708. The van der Waals surface area contributed by atoms with Crippen LogP contribution in [-0.4, -0.2) is 21.1 Å². The van der Waals surface area contributed by atoms with Crippen LogP contribution in [0.25, 0.3) is 11.4 Å². The summed E-state index contributed by atoms with van der Waals surface area (Å²) in [4.78, 5) is 0. The van der Waals surface area contributed by atoms with E-state index in [2.05, 4.69) is 52.6 Å². The van der Waals surface area contributed by atoms with E-state index in [1.54, 1.807) is 10.9 Å². The molecule has 23 heavy (non-hydrogen) atoms. The Balaban J connectivity index is 1.95. The van der Waals surface area contributed by atoms with E-state index in [0.29, 0.717) is 10.6 Å². The van der Waals surface area contributed by atoms with Gasteiger partial charge in [0.15, 0.2) is 5.82 Å². The number of rotatable bonds is 4. The first-order valence-corrected chi connectivity index (χ1v) is 7.96. The summed E-state index contributed by atoms with van der Waals surface area (Å²) in [5, 5.41) is 11.6. The highest BCUT2D eigenvalue weighted by Crippen LogP contribution is 2.18. The fourth-order valence-electron chi connectivity index (χ4n) is 2.33. The third-order valence-corrected chi connectivity index (χ3v) is 3.90. The van der Waals surface area contributed by atoms with E-state index in [1.165, 1.54) is 11.1 Å². The molecule has 0 spiro atoms. The quantitative estimate of drug-likeness (QED) is 0.573. The second-order valence-corrected chi connectivity index (χ2v) is 5.76. The van der Waals surface area contributed by atoms with Gasteiger partial charge in [0.05, 0.1) is 6.21 Å². The number of benzene rings is 2. The van der Waals surface area contributed by atoms with Gasteiger partial charge in [-0.15, -0.1) is 0 Å². The van der Waals surface area contributed by atoms with E-state index in [4.69, 9.17) is 12.2 Å². The Morgan fingerprint density at radius 2 is 2.00 bits per heavy atom. The van der Waals surface area contributed by atoms with E-state index >= 15 is 0 Å². The summed E-state index contributed by atoms with van der Waals surface area (Å²) < 4.78 is 2.13. The SMILES string of the molecule is CCc1ccc(C=Nn2c(-c3cccc(C)c3)n[nH]c2=S)cc1. The zero-order valence-electron chi connectivity index (χ0n) is 13.2. The van der Waals surface area contributed by atoms with Gasteiger partial charge >= 0.3 is 0 Å². The van der Waals surface area contributed by atoms with Crippen molar-refractivity contribution in [3.63, 3.8) is 0 Å². The third-order valence-electron chi connectivity index (χ3n) is 3.64. The molecule has 5 heteroatoms. The van der Waals surface area contributed by atoms with E-state index in [1.807, 2.05) is 25.1 Å². The lowest BCUT2D eigenvalue weighted by Gasteiger charge is -2.02. The van der Waals surface area contributed by atoms with Crippen molar-refractivity contribution in [2.24, 2.45) is 5.10 Å². The first kappa shape index (κ1) is 15.4. The van der Waals surface area contributed by atoms with Crippen molar-refractivity contribution in [3.05, 3.63) is 70.0 Å². The molecule has 0 aliphatic carbocycles. The van der Waals surface area contributed by atoms with Crippen LogP contribution in [0.15, 0.2) is 53.6 Å². The van der Waals surface area contributed by atoms with Crippen LogP contribution in [-0.2, 0) is 6.42 Å². The summed E-state index contributed by atoms with van der Waals surface area (Å²) in [7, 11) is 0. The minimum Gasteiger partial charge on any atom is -0.250 e. The van der Waals surface area contributed by atoms with Gasteiger partial charge in [-0.1, -0.05) is 55.0 Å². The van der Waals surface area contributed by atoms with E-state index in [9.17, 15) is 0 Å². The van der Waals surface area contributed by atoms with Crippen LogP contribution in [0.2, 0.25) is 0 Å². The molecule has 1 aromatic heterocycles. The van der Waals surface area contributed by atoms with E-state index in [0.717, 1.165) is 17.5 Å². The molecule has 0 fully saturated rings. The zero-order chi connectivity index (χ0) is 16.2. The molecule has 0 saturated carbocycles. The molecule has 0 aliphatic heterocycles. The largest absolute Gasteiger partial charge is 0.250 e. The summed E-state index contributed by atoms with van der Waals surface area (Å²) in [6.07, 6.45) is 2.83. The molecule has 0 atom stereocenters. The molecule has 2 aromatic carbocycles. The Morgan fingerprint density at radius 3 is 2.70 bits per heavy atom. The van der Waals surface area contributed by atoms with Gasteiger partial charge in [0.25, 0.3) is 0 Å². The van der Waals surface area contributed by atoms with Crippen molar-refractivity contribution in [1.29, 1.82) is 0 Å². The average molecular weight is 322 g/mol. The molecule has 4 nitrogen and oxygen atoms in total. The van der Waals surface area contributed by atoms with Crippen LogP contribution in [0.3, 0.4) is 0 Å². The Morgan fingerprint density at radius 1 is 1.22 bits per heavy atom. The van der Waals surface area contributed by atoms with E-state index in [-0.39, 0.29) is 0 Å². The van der Waals surface area contributed by atoms with Crippen LogP contribution in [0.4, 0.5) is 0 Å². The highest BCUT2D eigenvalue weighted by Gasteiger charge is 2.07. The van der Waals surface area contributed by atoms with Crippen molar-refractivity contribution in [2.75, 3.05) is 0 Å². The molecule has 116 valence electrons. The summed E-state index contributed by atoms with van der Waals surface area (Å²) in [6.45, 7) is 4.19. The molecule has 0 aliphatic rings. The summed E-state index contributed by atoms with van der Waals surface area (Å²) >= 11 is 5.29. The zero-order valence-corrected chi connectivity index (χ0v) is 14.0. The Hall–Kier alpha value is -2.53. The number of aromatic nitrogens is 3. The third kappa shape index (κ3) is 3.46. The molecule has 0 radical (unpaired) electrons. The first-order chi connectivity index (χ1) is 11.2. The number of hydrogen-bond donors (Lipinski definition) is 1. The topological polar surface area (TPSA) is 46.0 Å². The molecular weight excluding hydrogens is 304 g/mol. The maximum absolute atomic E-state index is 5.29. The van der Waals surface area contributed by atoms with Gasteiger partial charge in [-0.3, -0.25) is 0 Å². The van der Waals surface area contributed by atoms with Crippen LogP contribution in [0.5, 0.6) is 0 Å². The van der Waals surface area contributed by atoms with Crippen LogP contribution < -0.4 is 0 Å². The van der Waals surface area contributed by atoms with Crippen molar-refractivity contribution in [2.45, 2.75) is 20.3 Å². The molecule has 3 aromatic rings. The fourth-order valence-corrected chi connectivity index (χ4v) is 2.51. The number of aromatic amines is 1. The second kappa shape index (κ2) is 6.71. The Bertz CT molecular complexity index is 888. The maximum Gasteiger partial charge on any atom is 0.216 e. The molecule has 0 amide bonds. The molecular formula is C18H18N4S. The standard InChI is InChI=1S/C18H18N4S/c1-3-14-7-9-15(10-8-14)12-19-22-17(20-21-18(22)23)16-6-4-5-13(2)11-16/h4-12H,3H2,1-2H3,(H,21,23). The molecule has 0 bridgehead atoms. The number of hydrogen-bond acceptors (Lipinski definition) is 3. The van der Waals surface area contributed by atoms with Gasteiger partial charge in [0, 0.05) is 5.56 Å². The maximum atomic E-state index is 5.29. The molecule has 1 N–H and O–H groups in total. The Kier molecular flexibility index (Phi) is 4.48. The smallest absolute Gasteiger partial charge is 0.216 e. The summed E-state index contributed by atoms with van der Waals surface area (Å²) in [6, 6.07) is 16.4. The number of nitrogens with zero attached hydrogens (tertiary/aromatic N) is 3. The highest BCUT2D eigenvalue weighted by molar-refractivity contribution is 7.71. The molecule has 0 unspecified atom stereocenters. The van der Waals surface area contributed by atoms with Crippen LogP contribution in [0.1, 0.15) is 23.6 Å². The fraction of sp³-hybridized carbons (Fsp3) is 0.167. The first-order valence-electron chi connectivity index (χ1n) is 7.55. The van der Waals surface area contributed by atoms with Crippen molar-refractivity contribution in [3.8, 4) is 11.4 Å². The number of H-pyrrole nitrogens is 1. The predicted molar refractivity (Wildman–Crippen MR) is 96.4 cm³/mol. The molecule has 1 heterocycles. The molecule has 3 rings (SSSR count). The lowest BCUT2D eigenvalue weighted by molar-refractivity contribution is 0.871. The lowest BCUT2D eigenvalue weighted by Crippen LogP contribution is -1.95. The summed E-state index contributed by atoms with van der Waals surface area (Å²) in [5.41, 5.74) is 4.49. The highest BCUT2D eigenvalue weighted by atomic mass is 32.1. The predicted octanol–water partition coefficient (Wildman–Crippen LogP) is 4.36. The van der Waals surface area contributed by atoms with E-state index < -0.39 is 0 Å². The second-order valence-electron chi connectivity index (χ2n) is 5.37. The normalized spacial score (nSPS) is 11.2. The van der Waals surface area contributed by atoms with Crippen molar-refractivity contribution < 1.29 is 0 Å². The van der Waals surface area contributed by atoms with Crippen molar-refractivity contribution >= 4 is 18.4 Å². The van der Waals surface area contributed by atoms with Gasteiger partial charge in [0.1, 0.15) is 0 Å². The van der Waals surface area contributed by atoms with Gasteiger partial charge in [0.2, 0.25) is 4.77 Å².